The number of nitrogens with zero attached hydrogens (tertiary/aromatic N) is 3. The fourth-order valence-corrected chi connectivity index (χ4v) is 4.17. The number of benzene rings is 1. The molecule has 1 atom stereocenters. The molecule has 1 aromatic heterocycles. The number of hydrogen-bond acceptors (Lipinski definition) is 4. The van der Waals surface area contributed by atoms with E-state index >= 15 is 0 Å². The SMILES string of the molecule is CC(C)(C)OC(=O)N(c1ncccc1[C@H]1CCCCN1C(=O)c1ccccc1)C1CC1. The predicted octanol–water partition coefficient (Wildman–Crippen LogP) is 5.35. The lowest BCUT2D eigenvalue weighted by Crippen LogP contribution is -2.42. The molecule has 1 aromatic carbocycles. The second-order valence-electron chi connectivity index (χ2n) is 9.37. The van der Waals surface area contributed by atoms with E-state index in [-0.39, 0.29) is 24.1 Å². The molecule has 2 aliphatic rings. The van der Waals surface area contributed by atoms with Crippen molar-refractivity contribution in [3.63, 3.8) is 0 Å². The van der Waals surface area contributed by atoms with Gasteiger partial charge in [-0.2, -0.15) is 0 Å². The molecule has 2 aromatic rings. The van der Waals surface area contributed by atoms with Crippen LogP contribution in [0.1, 0.15) is 74.8 Å². The van der Waals surface area contributed by atoms with Gasteiger partial charge in [-0.25, -0.2) is 9.78 Å². The van der Waals surface area contributed by atoms with Gasteiger partial charge in [0.05, 0.1) is 6.04 Å². The third-order valence-corrected chi connectivity index (χ3v) is 5.69. The summed E-state index contributed by atoms with van der Waals surface area (Å²) in [6.07, 6.45) is 6.08. The van der Waals surface area contributed by atoms with E-state index in [0.29, 0.717) is 17.9 Å². The minimum Gasteiger partial charge on any atom is -0.443 e. The highest BCUT2D eigenvalue weighted by molar-refractivity contribution is 5.95. The van der Waals surface area contributed by atoms with Gasteiger partial charge in [0.25, 0.3) is 5.91 Å². The van der Waals surface area contributed by atoms with Gasteiger partial charge in [-0.15, -0.1) is 0 Å². The fourth-order valence-electron chi connectivity index (χ4n) is 4.17. The molecule has 6 heteroatoms. The van der Waals surface area contributed by atoms with E-state index in [0.717, 1.165) is 37.7 Å². The van der Waals surface area contributed by atoms with Crippen LogP contribution in [0.4, 0.5) is 10.6 Å². The Labute approximate surface area is 184 Å². The molecule has 2 amide bonds. The van der Waals surface area contributed by atoms with E-state index in [1.165, 1.54) is 0 Å². The molecule has 0 N–H and O–H groups in total. The van der Waals surface area contributed by atoms with Crippen LogP contribution in [0.3, 0.4) is 0 Å². The lowest BCUT2D eigenvalue weighted by atomic mass is 9.94. The lowest BCUT2D eigenvalue weighted by Gasteiger charge is -2.38. The van der Waals surface area contributed by atoms with Crippen LogP contribution < -0.4 is 4.90 Å². The molecule has 1 saturated carbocycles. The van der Waals surface area contributed by atoms with Crippen LogP contribution in [0, 0.1) is 0 Å². The molecule has 2 fully saturated rings. The Bertz CT molecular complexity index is 935. The summed E-state index contributed by atoms with van der Waals surface area (Å²) in [5.41, 5.74) is 1.02. The van der Waals surface area contributed by atoms with Gasteiger partial charge < -0.3 is 9.64 Å². The van der Waals surface area contributed by atoms with Crippen LogP contribution in [-0.2, 0) is 4.74 Å². The van der Waals surface area contributed by atoms with E-state index < -0.39 is 5.60 Å². The maximum Gasteiger partial charge on any atom is 0.416 e. The molecule has 6 nitrogen and oxygen atoms in total. The van der Waals surface area contributed by atoms with Crippen LogP contribution >= 0.6 is 0 Å². The highest BCUT2D eigenvalue weighted by Gasteiger charge is 2.40. The number of carbonyl (C=O) groups excluding carboxylic acids is 2. The Kier molecular flexibility index (Phi) is 5.99. The molecule has 1 aliphatic carbocycles. The van der Waals surface area contributed by atoms with Crippen molar-refractivity contribution in [3.05, 3.63) is 59.8 Å². The number of anilines is 1. The van der Waals surface area contributed by atoms with Crippen molar-refractivity contribution in [1.29, 1.82) is 0 Å². The first kappa shape index (κ1) is 21.3. The van der Waals surface area contributed by atoms with Crippen molar-refractivity contribution < 1.29 is 14.3 Å². The fraction of sp³-hybridized carbons (Fsp3) is 0.480. The number of piperidine rings is 1. The first-order valence-electron chi connectivity index (χ1n) is 11.2. The summed E-state index contributed by atoms with van der Waals surface area (Å²) in [4.78, 5) is 34.7. The van der Waals surface area contributed by atoms with Gasteiger partial charge in [0.1, 0.15) is 11.4 Å². The van der Waals surface area contributed by atoms with Gasteiger partial charge in [-0.1, -0.05) is 24.3 Å². The van der Waals surface area contributed by atoms with Gasteiger partial charge >= 0.3 is 6.09 Å². The zero-order valence-electron chi connectivity index (χ0n) is 18.6. The quantitative estimate of drug-likeness (QED) is 0.667. The summed E-state index contributed by atoms with van der Waals surface area (Å²) in [6.45, 7) is 6.31. The van der Waals surface area contributed by atoms with Gasteiger partial charge in [0.15, 0.2) is 0 Å². The van der Waals surface area contributed by atoms with Gasteiger partial charge in [0, 0.05) is 29.9 Å². The molecular formula is C25H31N3O3. The van der Waals surface area contributed by atoms with Gasteiger partial charge in [0.2, 0.25) is 0 Å². The van der Waals surface area contributed by atoms with Crippen molar-refractivity contribution >= 4 is 17.8 Å². The lowest BCUT2D eigenvalue weighted by molar-refractivity contribution is 0.0575. The summed E-state index contributed by atoms with van der Waals surface area (Å²) in [5, 5.41) is 0. The van der Waals surface area contributed by atoms with Crippen molar-refractivity contribution in [2.75, 3.05) is 11.4 Å². The molecule has 2 heterocycles. The van der Waals surface area contributed by atoms with E-state index in [2.05, 4.69) is 4.98 Å². The number of rotatable bonds is 4. The van der Waals surface area contributed by atoms with Crippen LogP contribution in [-0.4, -0.2) is 40.1 Å². The third-order valence-electron chi connectivity index (χ3n) is 5.69. The van der Waals surface area contributed by atoms with Crippen molar-refractivity contribution in [3.8, 4) is 0 Å². The average Bonchev–Trinajstić information content (AvgIpc) is 3.58. The maximum absolute atomic E-state index is 13.3. The molecule has 4 rings (SSSR count). The smallest absolute Gasteiger partial charge is 0.416 e. The van der Waals surface area contributed by atoms with E-state index in [1.807, 2.05) is 68.1 Å². The maximum atomic E-state index is 13.3. The number of pyridine rings is 1. The number of aromatic nitrogens is 1. The second-order valence-corrected chi connectivity index (χ2v) is 9.37. The zero-order valence-corrected chi connectivity index (χ0v) is 18.6. The van der Waals surface area contributed by atoms with Crippen LogP contribution in [0.5, 0.6) is 0 Å². The summed E-state index contributed by atoms with van der Waals surface area (Å²) in [6, 6.07) is 13.3. The summed E-state index contributed by atoms with van der Waals surface area (Å²) in [7, 11) is 0. The molecule has 0 radical (unpaired) electrons. The first-order valence-corrected chi connectivity index (χ1v) is 11.2. The predicted molar refractivity (Wildman–Crippen MR) is 120 cm³/mol. The van der Waals surface area contributed by atoms with Crippen LogP contribution in [0.2, 0.25) is 0 Å². The third kappa shape index (κ3) is 4.89. The molecule has 0 spiro atoms. The largest absolute Gasteiger partial charge is 0.443 e. The topological polar surface area (TPSA) is 62.7 Å². The monoisotopic (exact) mass is 421 g/mol. The molecular weight excluding hydrogens is 390 g/mol. The van der Waals surface area contributed by atoms with E-state index in [1.54, 1.807) is 11.1 Å². The summed E-state index contributed by atoms with van der Waals surface area (Å²) < 4.78 is 5.71. The molecule has 1 aliphatic heterocycles. The Morgan fingerprint density at radius 2 is 1.77 bits per heavy atom. The minimum atomic E-state index is -0.584. The number of carbonyl (C=O) groups is 2. The van der Waals surface area contributed by atoms with Gasteiger partial charge in [-0.3, -0.25) is 9.69 Å². The van der Waals surface area contributed by atoms with Crippen molar-refractivity contribution in [1.82, 2.24) is 9.88 Å². The minimum absolute atomic E-state index is 0.0235. The van der Waals surface area contributed by atoms with E-state index in [9.17, 15) is 9.59 Å². The normalized spacial score (nSPS) is 19.1. The van der Waals surface area contributed by atoms with E-state index in [4.69, 9.17) is 4.74 Å². The molecule has 0 unspecified atom stereocenters. The summed E-state index contributed by atoms with van der Waals surface area (Å²) in [5.74, 6) is 0.646. The average molecular weight is 422 g/mol. The van der Waals surface area contributed by atoms with Crippen molar-refractivity contribution in [2.24, 2.45) is 0 Å². The number of likely N-dealkylation sites (tertiary alicyclic amines) is 1. The Morgan fingerprint density at radius 3 is 2.45 bits per heavy atom. The second kappa shape index (κ2) is 8.69. The summed E-state index contributed by atoms with van der Waals surface area (Å²) >= 11 is 0. The Balaban J connectivity index is 1.69. The molecule has 164 valence electrons. The molecule has 31 heavy (non-hydrogen) atoms. The molecule has 1 saturated heterocycles. The first-order chi connectivity index (χ1) is 14.8. The number of hydrogen-bond donors (Lipinski definition) is 0. The molecule has 0 bridgehead atoms. The van der Waals surface area contributed by atoms with Gasteiger partial charge in [-0.05, 0) is 71.1 Å². The highest BCUT2D eigenvalue weighted by atomic mass is 16.6. The Morgan fingerprint density at radius 1 is 1.03 bits per heavy atom. The Hall–Kier alpha value is -2.89. The van der Waals surface area contributed by atoms with Crippen molar-refractivity contribution in [2.45, 2.75) is 70.6 Å². The number of ether oxygens (including phenoxy) is 1. The number of amides is 2. The standard InChI is InChI=1S/C25H31N3O3/c1-25(2,3)31-24(30)28(19-14-15-19)22-20(12-9-16-26-22)21-13-7-8-17-27(21)23(29)18-10-5-4-6-11-18/h4-6,9-12,16,19,21H,7-8,13-15,17H2,1-3H3/t21-/m1/s1. The zero-order chi connectivity index (χ0) is 22.0. The van der Waals surface area contributed by atoms with Crippen LogP contribution in [0.15, 0.2) is 48.7 Å². The van der Waals surface area contributed by atoms with Crippen LogP contribution in [0.25, 0.3) is 0 Å². The highest BCUT2D eigenvalue weighted by Crippen LogP contribution is 2.40.